The van der Waals surface area contributed by atoms with E-state index in [9.17, 15) is 9.59 Å². The van der Waals surface area contributed by atoms with Gasteiger partial charge in [0, 0.05) is 29.2 Å². The molecule has 3 atom stereocenters. The number of rotatable bonds is 5. The molecule has 29 heavy (non-hydrogen) atoms. The summed E-state index contributed by atoms with van der Waals surface area (Å²) in [4.78, 5) is 24.6. The molecule has 1 saturated carbocycles. The first-order chi connectivity index (χ1) is 13.7. The third kappa shape index (κ3) is 4.94. The number of amides is 1. The number of methoxy groups -OCH3 is 1. The van der Waals surface area contributed by atoms with Crippen LogP contribution in [0.3, 0.4) is 0 Å². The number of hydrogen-bond donors (Lipinski definition) is 3. The number of benzene rings is 2. The number of fused-ring (bicyclic) bond motifs is 1. The van der Waals surface area contributed by atoms with Gasteiger partial charge in [-0.05, 0) is 61.2 Å². The second-order valence-corrected chi connectivity index (χ2v) is 8.08. The second-order valence-electron chi connectivity index (χ2n) is 8.08. The van der Waals surface area contributed by atoms with Gasteiger partial charge in [0.25, 0.3) is 5.91 Å². The lowest BCUT2D eigenvalue weighted by Gasteiger charge is -2.28. The second kappa shape index (κ2) is 8.24. The fourth-order valence-electron chi connectivity index (χ4n) is 3.15. The van der Waals surface area contributed by atoms with E-state index in [4.69, 9.17) is 15.6 Å². The number of aliphatic hydroxyl groups is 1. The number of ether oxygens (including phenoxy) is 1. The summed E-state index contributed by atoms with van der Waals surface area (Å²) in [7, 11) is 1.26. The van der Waals surface area contributed by atoms with Gasteiger partial charge >= 0.3 is 5.97 Å². The lowest BCUT2D eigenvalue weighted by molar-refractivity contribution is -0.144. The Morgan fingerprint density at radius 2 is 1.97 bits per heavy atom. The van der Waals surface area contributed by atoms with E-state index in [1.54, 1.807) is 26.0 Å². The third-order valence-electron chi connectivity index (χ3n) is 5.12. The number of esters is 1. The Bertz CT molecular complexity index is 997. The van der Waals surface area contributed by atoms with Crippen molar-refractivity contribution in [2.24, 2.45) is 17.6 Å². The van der Waals surface area contributed by atoms with E-state index in [2.05, 4.69) is 17.2 Å². The Balaban J connectivity index is 1.77. The molecule has 2 aromatic rings. The topological polar surface area (TPSA) is 102 Å². The summed E-state index contributed by atoms with van der Waals surface area (Å²) < 4.78 is 4.76. The fourth-order valence-corrected chi connectivity index (χ4v) is 3.15. The summed E-state index contributed by atoms with van der Waals surface area (Å²) in [5.74, 6) is 5.97. The molecular weight excluding hydrogens is 368 g/mol. The predicted molar refractivity (Wildman–Crippen MR) is 111 cm³/mol. The van der Waals surface area contributed by atoms with E-state index < -0.39 is 23.5 Å². The Labute approximate surface area is 170 Å². The van der Waals surface area contributed by atoms with Gasteiger partial charge in [0.05, 0.1) is 7.11 Å². The average Bonchev–Trinajstić information content (AvgIpc) is 3.47. The van der Waals surface area contributed by atoms with E-state index in [0.29, 0.717) is 11.5 Å². The van der Waals surface area contributed by atoms with Crippen LogP contribution in [0, 0.1) is 23.7 Å². The van der Waals surface area contributed by atoms with Crippen LogP contribution in [-0.2, 0) is 9.53 Å². The van der Waals surface area contributed by atoms with Crippen molar-refractivity contribution in [3.05, 3.63) is 47.5 Å². The van der Waals surface area contributed by atoms with Crippen molar-refractivity contribution in [3.63, 3.8) is 0 Å². The Hall–Kier alpha value is -2.88. The van der Waals surface area contributed by atoms with Gasteiger partial charge in [0.15, 0.2) is 0 Å². The highest BCUT2D eigenvalue weighted by Crippen LogP contribution is 2.37. The molecule has 0 heterocycles. The van der Waals surface area contributed by atoms with Crippen molar-refractivity contribution < 1.29 is 19.4 Å². The normalized spacial score (nSPS) is 19.1. The molecule has 152 valence electrons. The molecule has 4 N–H and O–H groups in total. The third-order valence-corrected chi connectivity index (χ3v) is 5.12. The summed E-state index contributed by atoms with van der Waals surface area (Å²) in [5.41, 5.74) is 6.38. The molecule has 6 heteroatoms. The Kier molecular flexibility index (Phi) is 5.92. The highest BCUT2D eigenvalue weighted by molar-refractivity contribution is 6.00. The van der Waals surface area contributed by atoms with Gasteiger partial charge in [-0.25, -0.2) is 4.79 Å². The summed E-state index contributed by atoms with van der Waals surface area (Å²) in [6, 6.07) is 10.2. The molecule has 0 unspecified atom stereocenters. The lowest BCUT2D eigenvalue weighted by Crippen LogP contribution is -2.59. The SMILES string of the molecule is COC(=O)[C@@H](NC(=O)c1ccc2cc(C#C[C@@H]3C[C@H]3CO)ccc2c1)C(C)(C)N. The lowest BCUT2D eigenvalue weighted by atomic mass is 9.95. The van der Waals surface area contributed by atoms with E-state index in [-0.39, 0.29) is 12.5 Å². The van der Waals surface area contributed by atoms with Crippen molar-refractivity contribution in [2.75, 3.05) is 13.7 Å². The molecule has 0 bridgehead atoms. The van der Waals surface area contributed by atoms with E-state index in [1.165, 1.54) is 7.11 Å². The zero-order chi connectivity index (χ0) is 21.2. The number of hydrogen-bond acceptors (Lipinski definition) is 5. The number of nitrogens with one attached hydrogen (secondary N) is 1. The van der Waals surface area contributed by atoms with Crippen LogP contribution in [0.5, 0.6) is 0 Å². The molecule has 0 aromatic heterocycles. The molecule has 1 fully saturated rings. The van der Waals surface area contributed by atoms with Gasteiger partial charge in [0.1, 0.15) is 6.04 Å². The number of aliphatic hydroxyl groups excluding tert-OH is 1. The number of carbonyl (C=O) groups is 2. The average molecular weight is 394 g/mol. The van der Waals surface area contributed by atoms with Crippen LogP contribution in [0.25, 0.3) is 10.8 Å². The Morgan fingerprint density at radius 3 is 2.59 bits per heavy atom. The Morgan fingerprint density at radius 1 is 1.28 bits per heavy atom. The monoisotopic (exact) mass is 394 g/mol. The van der Waals surface area contributed by atoms with E-state index in [1.807, 2.05) is 24.3 Å². The fraction of sp³-hybridized carbons (Fsp3) is 0.391. The number of carbonyl (C=O) groups excluding carboxylic acids is 2. The molecule has 1 aliphatic carbocycles. The zero-order valence-corrected chi connectivity index (χ0v) is 16.9. The molecule has 6 nitrogen and oxygen atoms in total. The summed E-state index contributed by atoms with van der Waals surface area (Å²) in [6.07, 6.45) is 0.960. The summed E-state index contributed by atoms with van der Waals surface area (Å²) in [5, 5.41) is 13.6. The van der Waals surface area contributed by atoms with Gasteiger partial charge in [-0.1, -0.05) is 24.0 Å². The van der Waals surface area contributed by atoms with Gasteiger partial charge in [-0.15, -0.1) is 0 Å². The molecule has 3 rings (SSSR count). The van der Waals surface area contributed by atoms with Crippen LogP contribution in [0.15, 0.2) is 36.4 Å². The van der Waals surface area contributed by atoms with Crippen LogP contribution in [0.1, 0.15) is 36.2 Å². The molecule has 0 saturated heterocycles. The van der Waals surface area contributed by atoms with Crippen molar-refractivity contribution in [1.82, 2.24) is 5.32 Å². The molecular formula is C23H26N2O4. The summed E-state index contributed by atoms with van der Waals surface area (Å²) >= 11 is 0. The first-order valence-corrected chi connectivity index (χ1v) is 9.56. The van der Waals surface area contributed by atoms with Crippen molar-refractivity contribution >= 4 is 22.6 Å². The zero-order valence-electron chi connectivity index (χ0n) is 16.9. The summed E-state index contributed by atoms with van der Waals surface area (Å²) in [6.45, 7) is 3.50. The smallest absolute Gasteiger partial charge is 0.330 e. The molecule has 0 spiro atoms. The van der Waals surface area contributed by atoms with Crippen molar-refractivity contribution in [3.8, 4) is 11.8 Å². The minimum atomic E-state index is -0.968. The number of nitrogens with two attached hydrogens (primary N) is 1. The van der Waals surface area contributed by atoms with Crippen LogP contribution in [0.2, 0.25) is 0 Å². The maximum absolute atomic E-state index is 12.7. The van der Waals surface area contributed by atoms with E-state index in [0.717, 1.165) is 22.8 Å². The van der Waals surface area contributed by atoms with Crippen molar-refractivity contribution in [2.45, 2.75) is 31.8 Å². The minimum absolute atomic E-state index is 0.195. The highest BCUT2D eigenvalue weighted by Gasteiger charge is 2.35. The predicted octanol–water partition coefficient (Wildman–Crippen LogP) is 1.83. The van der Waals surface area contributed by atoms with Crippen molar-refractivity contribution in [1.29, 1.82) is 0 Å². The van der Waals surface area contributed by atoms with Gasteiger partial charge in [0.2, 0.25) is 0 Å². The first kappa shape index (κ1) is 20.8. The van der Waals surface area contributed by atoms with Gasteiger partial charge < -0.3 is 20.9 Å². The standard InChI is InChI=1S/C23H26N2O4/c1-23(2,24)20(22(28)29-3)25-21(27)18-9-8-15-10-14(4-6-16(15)11-18)5-7-17-12-19(17)13-26/h4,6,8-11,17,19-20,26H,12-13,24H2,1-3H3,(H,25,27)/t17-,19+,20-/m1/s1. The van der Waals surface area contributed by atoms with Crippen LogP contribution >= 0.6 is 0 Å². The molecule has 2 aromatic carbocycles. The molecule has 1 aliphatic rings. The van der Waals surface area contributed by atoms with E-state index >= 15 is 0 Å². The molecule has 0 aliphatic heterocycles. The van der Waals surface area contributed by atoms with Gasteiger partial charge in [-0.2, -0.15) is 0 Å². The van der Waals surface area contributed by atoms with Crippen LogP contribution in [0.4, 0.5) is 0 Å². The largest absolute Gasteiger partial charge is 0.467 e. The first-order valence-electron chi connectivity index (χ1n) is 9.56. The highest BCUT2D eigenvalue weighted by atomic mass is 16.5. The maximum Gasteiger partial charge on any atom is 0.330 e. The van der Waals surface area contributed by atoms with Gasteiger partial charge in [-0.3, -0.25) is 4.79 Å². The van der Waals surface area contributed by atoms with Crippen LogP contribution in [-0.4, -0.2) is 42.3 Å². The quantitative estimate of drug-likeness (QED) is 0.530. The maximum atomic E-state index is 12.7. The molecule has 0 radical (unpaired) electrons. The minimum Gasteiger partial charge on any atom is -0.467 e. The van der Waals surface area contributed by atoms with Crippen LogP contribution < -0.4 is 11.1 Å². The molecule has 1 amide bonds.